The second kappa shape index (κ2) is 7.29. The van der Waals surface area contributed by atoms with Crippen molar-refractivity contribution in [3.63, 3.8) is 0 Å². The fourth-order valence-corrected chi connectivity index (χ4v) is 4.14. The maximum absolute atomic E-state index is 12.9. The second-order valence-electron chi connectivity index (χ2n) is 5.79. The first-order valence-corrected chi connectivity index (χ1v) is 9.58. The van der Waals surface area contributed by atoms with Crippen LogP contribution in [0.5, 0.6) is 0 Å². The number of hydrogen-bond acceptors (Lipinski definition) is 5. The van der Waals surface area contributed by atoms with Crippen molar-refractivity contribution in [2.45, 2.75) is 18.4 Å². The van der Waals surface area contributed by atoms with Gasteiger partial charge >= 0.3 is 5.97 Å². The number of H-pyrrole nitrogens is 1. The summed E-state index contributed by atoms with van der Waals surface area (Å²) in [5.41, 5.74) is -0.00105. The third kappa shape index (κ3) is 3.74. The first-order valence-electron chi connectivity index (χ1n) is 8.14. The number of fused-ring (bicyclic) bond motifs is 1. The Morgan fingerprint density at radius 1 is 1.19 bits per heavy atom. The number of aromatic amines is 1. The fourth-order valence-electron chi connectivity index (χ4n) is 2.68. The molecule has 0 atom stereocenters. The van der Waals surface area contributed by atoms with Gasteiger partial charge in [-0.2, -0.15) is 4.31 Å². The lowest BCUT2D eigenvalue weighted by molar-refractivity contribution is 0.0696. The highest BCUT2D eigenvalue weighted by atomic mass is 32.2. The first-order chi connectivity index (χ1) is 12.8. The zero-order valence-electron chi connectivity index (χ0n) is 14.4. The number of rotatable bonds is 6. The van der Waals surface area contributed by atoms with Gasteiger partial charge in [0.05, 0.1) is 27.9 Å². The van der Waals surface area contributed by atoms with E-state index in [1.54, 1.807) is 31.2 Å². The number of carbonyl (C=O) groups is 1. The highest BCUT2D eigenvalue weighted by Crippen LogP contribution is 2.19. The van der Waals surface area contributed by atoms with Crippen molar-refractivity contribution in [1.82, 2.24) is 14.3 Å². The molecule has 1 heterocycles. The van der Waals surface area contributed by atoms with Crippen LogP contribution in [0.3, 0.4) is 0 Å². The van der Waals surface area contributed by atoms with E-state index in [1.807, 2.05) is 0 Å². The minimum Gasteiger partial charge on any atom is -0.478 e. The van der Waals surface area contributed by atoms with Gasteiger partial charge in [0.1, 0.15) is 5.82 Å². The molecule has 0 saturated carbocycles. The number of benzene rings is 2. The van der Waals surface area contributed by atoms with Crippen molar-refractivity contribution in [3.05, 3.63) is 70.3 Å². The van der Waals surface area contributed by atoms with Crippen LogP contribution in [0.2, 0.25) is 0 Å². The van der Waals surface area contributed by atoms with Crippen molar-refractivity contribution in [3.8, 4) is 0 Å². The summed E-state index contributed by atoms with van der Waals surface area (Å²) in [4.78, 5) is 30.1. The molecule has 0 saturated heterocycles. The standard InChI is InChI=1S/C18H17N3O5S/c1-2-21(27(25,26)13-7-5-6-12(10-13)18(23)24)11-16-19-15-9-4-3-8-14(15)17(22)20-16/h3-10H,2,11H2,1H3,(H,23,24)(H,19,20,22). The van der Waals surface area contributed by atoms with Crippen molar-refractivity contribution in [2.75, 3.05) is 6.54 Å². The monoisotopic (exact) mass is 387 g/mol. The molecule has 0 aliphatic rings. The summed E-state index contributed by atoms with van der Waals surface area (Å²) < 4.78 is 26.9. The van der Waals surface area contributed by atoms with Crippen LogP contribution in [0, 0.1) is 0 Å². The molecule has 2 aromatic carbocycles. The number of hydrogen-bond donors (Lipinski definition) is 2. The Morgan fingerprint density at radius 2 is 1.93 bits per heavy atom. The number of aromatic nitrogens is 2. The topological polar surface area (TPSA) is 120 Å². The number of aromatic carboxylic acids is 1. The van der Waals surface area contributed by atoms with Crippen molar-refractivity contribution in [1.29, 1.82) is 0 Å². The van der Waals surface area contributed by atoms with Crippen LogP contribution in [0.1, 0.15) is 23.1 Å². The summed E-state index contributed by atoms with van der Waals surface area (Å²) >= 11 is 0. The van der Waals surface area contributed by atoms with E-state index >= 15 is 0 Å². The van der Waals surface area contributed by atoms with Crippen LogP contribution < -0.4 is 5.56 Å². The number of carboxylic acid groups (broad SMARTS) is 1. The van der Waals surface area contributed by atoms with Gasteiger partial charge in [-0.25, -0.2) is 18.2 Å². The molecule has 2 N–H and O–H groups in total. The van der Waals surface area contributed by atoms with Gasteiger partial charge in [-0.15, -0.1) is 0 Å². The summed E-state index contributed by atoms with van der Waals surface area (Å²) in [6, 6.07) is 11.9. The van der Waals surface area contributed by atoms with Crippen molar-refractivity contribution < 1.29 is 18.3 Å². The molecule has 0 fully saturated rings. The molecule has 0 unspecified atom stereocenters. The Labute approximate surface area is 155 Å². The molecule has 27 heavy (non-hydrogen) atoms. The zero-order chi connectivity index (χ0) is 19.6. The van der Waals surface area contributed by atoms with Crippen molar-refractivity contribution in [2.24, 2.45) is 0 Å². The molecule has 0 bridgehead atoms. The summed E-state index contributed by atoms with van der Waals surface area (Å²) in [6.45, 7) is 1.63. The largest absolute Gasteiger partial charge is 0.478 e. The van der Waals surface area contributed by atoms with Gasteiger partial charge in [-0.1, -0.05) is 25.1 Å². The third-order valence-electron chi connectivity index (χ3n) is 4.06. The summed E-state index contributed by atoms with van der Waals surface area (Å²) in [5.74, 6) is -1.01. The maximum Gasteiger partial charge on any atom is 0.335 e. The third-order valence-corrected chi connectivity index (χ3v) is 5.98. The fraction of sp³-hybridized carbons (Fsp3) is 0.167. The van der Waals surface area contributed by atoms with Gasteiger partial charge in [0, 0.05) is 6.54 Å². The number of nitrogens with zero attached hydrogens (tertiary/aromatic N) is 2. The molecule has 0 radical (unpaired) electrons. The van der Waals surface area contributed by atoms with Gasteiger partial charge in [0.2, 0.25) is 10.0 Å². The van der Waals surface area contributed by atoms with Crippen LogP contribution in [0.15, 0.2) is 58.2 Å². The lowest BCUT2D eigenvalue weighted by Gasteiger charge is -2.20. The Hall–Kier alpha value is -3.04. The summed E-state index contributed by atoms with van der Waals surface area (Å²) in [7, 11) is -3.96. The minimum atomic E-state index is -3.96. The Bertz CT molecular complexity index is 1170. The normalized spacial score (nSPS) is 11.8. The maximum atomic E-state index is 12.9. The van der Waals surface area contributed by atoms with E-state index in [0.29, 0.717) is 10.9 Å². The molecular formula is C18H17N3O5S. The number of sulfonamides is 1. The van der Waals surface area contributed by atoms with Gasteiger partial charge < -0.3 is 10.1 Å². The number of carboxylic acids is 1. The molecule has 1 aromatic heterocycles. The molecular weight excluding hydrogens is 370 g/mol. The average Bonchev–Trinajstić information content (AvgIpc) is 2.66. The van der Waals surface area contributed by atoms with E-state index in [2.05, 4.69) is 9.97 Å². The number of nitrogens with one attached hydrogen (secondary N) is 1. The van der Waals surface area contributed by atoms with Crippen LogP contribution in [0.4, 0.5) is 0 Å². The molecule has 3 rings (SSSR count). The lowest BCUT2D eigenvalue weighted by atomic mass is 10.2. The smallest absolute Gasteiger partial charge is 0.335 e. The quantitative estimate of drug-likeness (QED) is 0.666. The lowest BCUT2D eigenvalue weighted by Crippen LogP contribution is -2.32. The number of para-hydroxylation sites is 1. The molecule has 0 aliphatic carbocycles. The van der Waals surface area contributed by atoms with E-state index in [4.69, 9.17) is 5.11 Å². The Balaban J connectivity index is 1.98. The highest BCUT2D eigenvalue weighted by Gasteiger charge is 2.25. The van der Waals surface area contributed by atoms with Crippen LogP contribution in [-0.2, 0) is 16.6 Å². The van der Waals surface area contributed by atoms with E-state index in [-0.39, 0.29) is 34.9 Å². The average molecular weight is 387 g/mol. The SMILES string of the molecule is CCN(Cc1nc2ccccc2c(=O)[nH]1)S(=O)(=O)c1cccc(C(=O)O)c1. The Morgan fingerprint density at radius 3 is 2.63 bits per heavy atom. The van der Waals surface area contributed by atoms with E-state index in [9.17, 15) is 18.0 Å². The second-order valence-corrected chi connectivity index (χ2v) is 7.73. The molecule has 9 heteroatoms. The molecule has 0 spiro atoms. The Kier molecular flexibility index (Phi) is 5.06. The van der Waals surface area contributed by atoms with E-state index in [0.717, 1.165) is 10.4 Å². The highest BCUT2D eigenvalue weighted by molar-refractivity contribution is 7.89. The molecule has 0 aliphatic heterocycles. The predicted molar refractivity (Wildman–Crippen MR) is 99.0 cm³/mol. The van der Waals surface area contributed by atoms with Crippen LogP contribution >= 0.6 is 0 Å². The summed E-state index contributed by atoms with van der Waals surface area (Å²) in [6.07, 6.45) is 0. The van der Waals surface area contributed by atoms with Crippen LogP contribution in [-0.4, -0.2) is 40.3 Å². The molecule has 0 amide bonds. The predicted octanol–water partition coefficient (Wildman–Crippen LogP) is 1.83. The van der Waals surface area contributed by atoms with Gasteiger partial charge in [-0.05, 0) is 30.3 Å². The minimum absolute atomic E-state index is 0.121. The van der Waals surface area contributed by atoms with Crippen molar-refractivity contribution >= 4 is 26.9 Å². The first kappa shape index (κ1) is 18.7. The zero-order valence-corrected chi connectivity index (χ0v) is 15.2. The van der Waals surface area contributed by atoms with E-state index in [1.165, 1.54) is 18.2 Å². The molecule has 140 valence electrons. The van der Waals surface area contributed by atoms with Crippen LogP contribution in [0.25, 0.3) is 10.9 Å². The molecule has 3 aromatic rings. The van der Waals surface area contributed by atoms with Gasteiger partial charge in [0.25, 0.3) is 5.56 Å². The summed E-state index contributed by atoms with van der Waals surface area (Å²) in [5, 5.41) is 9.50. The van der Waals surface area contributed by atoms with Gasteiger partial charge in [-0.3, -0.25) is 4.79 Å². The van der Waals surface area contributed by atoms with Gasteiger partial charge in [0.15, 0.2) is 0 Å². The molecule has 8 nitrogen and oxygen atoms in total. The van der Waals surface area contributed by atoms with E-state index < -0.39 is 16.0 Å².